The van der Waals surface area contributed by atoms with Gasteiger partial charge in [0.1, 0.15) is 0 Å². The first kappa shape index (κ1) is 9.08. The van der Waals surface area contributed by atoms with Crippen molar-refractivity contribution < 1.29 is 4.42 Å². The number of hydrogen-bond acceptors (Lipinski definition) is 3. The number of oxazole rings is 1. The molecule has 1 aromatic heterocycles. The maximum absolute atomic E-state index is 5.64. The van der Waals surface area contributed by atoms with Crippen LogP contribution in [0.3, 0.4) is 0 Å². The highest BCUT2D eigenvalue weighted by Crippen LogP contribution is 2.59. The lowest BCUT2D eigenvalue weighted by Gasteiger charge is -2.53. The third-order valence-electron chi connectivity index (χ3n) is 5.05. The predicted molar refractivity (Wildman–Crippen MR) is 60.7 cm³/mol. The Kier molecular flexibility index (Phi) is 1.72. The number of nitrogen functional groups attached to an aromatic ring is 1. The Morgan fingerprint density at radius 1 is 1.06 bits per heavy atom. The zero-order valence-corrected chi connectivity index (χ0v) is 9.43. The van der Waals surface area contributed by atoms with Crippen LogP contribution in [0, 0.1) is 23.7 Å². The topological polar surface area (TPSA) is 52.0 Å². The molecule has 1 aromatic rings. The summed E-state index contributed by atoms with van der Waals surface area (Å²) in [5.41, 5.74) is 5.64. The van der Waals surface area contributed by atoms with Gasteiger partial charge < -0.3 is 10.2 Å². The maximum atomic E-state index is 5.64. The Bertz CT molecular complexity index is 384. The van der Waals surface area contributed by atoms with E-state index in [1.807, 2.05) is 0 Å². The summed E-state index contributed by atoms with van der Waals surface area (Å²) >= 11 is 0. The summed E-state index contributed by atoms with van der Waals surface area (Å²) in [5, 5.41) is 0. The van der Waals surface area contributed by atoms with Gasteiger partial charge in [-0.3, -0.25) is 0 Å². The Hall–Kier alpha value is -0.990. The molecule has 0 amide bonds. The molecule has 86 valence electrons. The van der Waals surface area contributed by atoms with Gasteiger partial charge in [0.2, 0.25) is 11.8 Å². The molecule has 1 heterocycles. The van der Waals surface area contributed by atoms with E-state index in [4.69, 9.17) is 10.2 Å². The minimum Gasteiger partial charge on any atom is -0.425 e. The van der Waals surface area contributed by atoms with E-state index in [9.17, 15) is 0 Å². The van der Waals surface area contributed by atoms with Crippen LogP contribution in [0.5, 0.6) is 0 Å². The van der Waals surface area contributed by atoms with Crippen LogP contribution in [0.25, 0.3) is 0 Å². The molecule has 0 aromatic carbocycles. The molecule has 4 fully saturated rings. The lowest BCUT2D eigenvalue weighted by molar-refractivity contribution is -0.0112. The van der Waals surface area contributed by atoms with E-state index >= 15 is 0 Å². The van der Waals surface area contributed by atoms with Crippen molar-refractivity contribution in [2.24, 2.45) is 23.7 Å². The van der Waals surface area contributed by atoms with Gasteiger partial charge in [-0.1, -0.05) is 0 Å². The predicted octanol–water partition coefficient (Wildman–Crippen LogP) is 2.80. The highest BCUT2D eigenvalue weighted by atomic mass is 16.4. The van der Waals surface area contributed by atoms with Gasteiger partial charge in [0.05, 0.1) is 6.20 Å². The van der Waals surface area contributed by atoms with Gasteiger partial charge >= 0.3 is 0 Å². The third-order valence-corrected chi connectivity index (χ3v) is 5.05. The number of anilines is 1. The molecule has 0 saturated heterocycles. The molecule has 4 saturated carbocycles. The summed E-state index contributed by atoms with van der Waals surface area (Å²) in [6.07, 6.45) is 8.77. The van der Waals surface area contributed by atoms with Gasteiger partial charge in [0.25, 0.3) is 0 Å². The number of hydrogen-bond donors (Lipinski definition) is 1. The molecule has 4 bridgehead atoms. The normalized spacial score (nSPS) is 45.1. The summed E-state index contributed by atoms with van der Waals surface area (Å²) in [6.45, 7) is 0. The second-order valence-electron chi connectivity index (χ2n) is 6.06. The van der Waals surface area contributed by atoms with Gasteiger partial charge in [-0.25, -0.2) is 4.98 Å². The van der Waals surface area contributed by atoms with Crippen molar-refractivity contribution in [1.29, 1.82) is 0 Å². The third kappa shape index (κ3) is 1.17. The van der Waals surface area contributed by atoms with Crippen LogP contribution in [-0.2, 0) is 0 Å². The molecule has 3 nitrogen and oxygen atoms in total. The zero-order chi connectivity index (χ0) is 10.7. The van der Waals surface area contributed by atoms with Crippen LogP contribution < -0.4 is 5.73 Å². The molecular weight excluding hydrogens is 200 g/mol. The Morgan fingerprint density at radius 3 is 2.19 bits per heavy atom. The van der Waals surface area contributed by atoms with Gasteiger partial charge in [0.15, 0.2) is 0 Å². The summed E-state index contributed by atoms with van der Waals surface area (Å²) in [5.74, 6) is 5.64. The number of aromatic nitrogens is 1. The van der Waals surface area contributed by atoms with Crippen molar-refractivity contribution >= 4 is 5.88 Å². The second kappa shape index (κ2) is 3.02. The zero-order valence-electron chi connectivity index (χ0n) is 9.43. The van der Waals surface area contributed by atoms with Crippen LogP contribution in [0.15, 0.2) is 10.6 Å². The fourth-order valence-electron chi connectivity index (χ4n) is 4.78. The maximum Gasteiger partial charge on any atom is 0.211 e. The van der Waals surface area contributed by atoms with E-state index in [2.05, 4.69) is 4.98 Å². The fraction of sp³-hybridized carbons (Fsp3) is 0.769. The average Bonchev–Trinajstić information content (AvgIpc) is 2.63. The quantitative estimate of drug-likeness (QED) is 0.788. The van der Waals surface area contributed by atoms with Gasteiger partial charge in [-0.2, -0.15) is 0 Å². The smallest absolute Gasteiger partial charge is 0.211 e. The summed E-state index contributed by atoms with van der Waals surface area (Å²) in [4.78, 5) is 4.37. The van der Waals surface area contributed by atoms with Crippen molar-refractivity contribution in [2.75, 3.05) is 5.73 Å². The van der Waals surface area contributed by atoms with E-state index in [0.717, 1.165) is 29.6 Å². The first-order valence-corrected chi connectivity index (χ1v) is 6.51. The van der Waals surface area contributed by atoms with Gasteiger partial charge in [-0.05, 0) is 55.8 Å². The standard InChI is InChI=1S/C13H18N2O/c14-11-6-15-13(16-11)12-9-2-7-1-8(4-9)5-10(12)3-7/h6-10,12H,1-5,14H2. The second-order valence-corrected chi connectivity index (χ2v) is 6.06. The molecule has 0 unspecified atom stereocenters. The molecule has 3 heteroatoms. The Labute approximate surface area is 95.4 Å². The minimum absolute atomic E-state index is 0.476. The molecule has 4 aliphatic carbocycles. The monoisotopic (exact) mass is 218 g/mol. The van der Waals surface area contributed by atoms with Crippen molar-refractivity contribution in [3.8, 4) is 0 Å². The van der Waals surface area contributed by atoms with Crippen LogP contribution in [-0.4, -0.2) is 4.98 Å². The SMILES string of the molecule is Nc1cnc(C2C3CC4CC(C3)CC2C4)o1. The molecular formula is C13H18N2O. The number of rotatable bonds is 1. The average molecular weight is 218 g/mol. The van der Waals surface area contributed by atoms with Gasteiger partial charge in [-0.15, -0.1) is 0 Å². The number of nitrogens with two attached hydrogens (primary N) is 1. The minimum atomic E-state index is 0.476. The molecule has 16 heavy (non-hydrogen) atoms. The van der Waals surface area contributed by atoms with E-state index in [-0.39, 0.29) is 0 Å². The summed E-state index contributed by atoms with van der Waals surface area (Å²) in [6, 6.07) is 0. The summed E-state index contributed by atoms with van der Waals surface area (Å²) < 4.78 is 5.58. The van der Waals surface area contributed by atoms with Crippen molar-refractivity contribution in [2.45, 2.75) is 38.0 Å². The molecule has 2 N–H and O–H groups in total. The lowest BCUT2D eigenvalue weighted by Crippen LogP contribution is -2.43. The van der Waals surface area contributed by atoms with Crippen LogP contribution >= 0.6 is 0 Å². The van der Waals surface area contributed by atoms with Crippen LogP contribution in [0.2, 0.25) is 0 Å². The largest absolute Gasteiger partial charge is 0.425 e. The molecule has 5 rings (SSSR count). The van der Waals surface area contributed by atoms with Crippen molar-refractivity contribution in [3.63, 3.8) is 0 Å². The van der Waals surface area contributed by atoms with Crippen molar-refractivity contribution in [1.82, 2.24) is 4.98 Å². The lowest BCUT2D eigenvalue weighted by atomic mass is 9.52. The summed E-state index contributed by atoms with van der Waals surface area (Å²) in [7, 11) is 0. The molecule has 0 spiro atoms. The molecule has 0 radical (unpaired) electrons. The Balaban J connectivity index is 1.69. The van der Waals surface area contributed by atoms with Crippen molar-refractivity contribution in [3.05, 3.63) is 12.1 Å². The molecule has 0 atom stereocenters. The highest BCUT2D eigenvalue weighted by Gasteiger charge is 2.50. The molecule has 4 aliphatic rings. The first-order chi connectivity index (χ1) is 7.79. The Morgan fingerprint density at radius 2 is 1.69 bits per heavy atom. The van der Waals surface area contributed by atoms with Crippen LogP contribution in [0.4, 0.5) is 5.88 Å². The molecule has 0 aliphatic heterocycles. The number of nitrogens with zero attached hydrogens (tertiary/aromatic N) is 1. The van der Waals surface area contributed by atoms with E-state index in [1.54, 1.807) is 6.20 Å². The van der Waals surface area contributed by atoms with Gasteiger partial charge in [0, 0.05) is 5.92 Å². The van der Waals surface area contributed by atoms with E-state index in [0.29, 0.717) is 11.8 Å². The first-order valence-electron chi connectivity index (χ1n) is 6.51. The van der Waals surface area contributed by atoms with Crippen LogP contribution in [0.1, 0.15) is 43.9 Å². The van der Waals surface area contributed by atoms with E-state index < -0.39 is 0 Å². The van der Waals surface area contributed by atoms with E-state index in [1.165, 1.54) is 32.1 Å². The highest BCUT2D eigenvalue weighted by molar-refractivity contribution is 5.21. The fourth-order valence-corrected chi connectivity index (χ4v) is 4.78.